The number of hydrogen-bond acceptors (Lipinski definition) is 3. The Morgan fingerprint density at radius 2 is 1.82 bits per heavy atom. The molecule has 144 valence electrons. The molecule has 0 bridgehead atoms. The molecule has 0 atom stereocenters. The molecule has 1 heterocycles. The topological polar surface area (TPSA) is 61.9 Å². The molecular formula is C23H26N4O. The molecule has 1 amide bonds. The normalized spacial score (nSPS) is 11.4. The van der Waals surface area contributed by atoms with Crippen molar-refractivity contribution in [1.29, 1.82) is 5.26 Å². The van der Waals surface area contributed by atoms with Crippen LogP contribution in [0.5, 0.6) is 0 Å². The number of hydrogen-bond donors (Lipinski definition) is 0. The molecule has 0 N–H and O–H groups in total. The standard InChI is InChI=1S/C23H26N4O/c1-23(2,3)18-12-10-17(11-13-18)22-25-19-8-5-6-9-20(19)27(22)16-21(28)26(4)15-7-14-24/h5-6,8-13H,7,15-16H2,1-4H3. The zero-order valence-corrected chi connectivity index (χ0v) is 16.9. The zero-order valence-electron chi connectivity index (χ0n) is 16.9. The molecule has 0 fully saturated rings. The number of carbonyl (C=O) groups is 1. The highest BCUT2D eigenvalue weighted by atomic mass is 16.2. The zero-order chi connectivity index (χ0) is 20.3. The van der Waals surface area contributed by atoms with E-state index in [0.29, 0.717) is 13.0 Å². The van der Waals surface area contributed by atoms with Gasteiger partial charge in [0.05, 0.1) is 23.5 Å². The van der Waals surface area contributed by atoms with Crippen molar-refractivity contribution in [3.63, 3.8) is 0 Å². The first-order chi connectivity index (χ1) is 13.3. The summed E-state index contributed by atoms with van der Waals surface area (Å²) in [6, 6.07) is 18.3. The van der Waals surface area contributed by atoms with E-state index in [2.05, 4.69) is 51.1 Å². The lowest BCUT2D eigenvalue weighted by Crippen LogP contribution is -2.31. The summed E-state index contributed by atoms with van der Waals surface area (Å²) in [6.07, 6.45) is 0.327. The molecule has 0 aliphatic heterocycles. The van der Waals surface area contributed by atoms with Crippen molar-refractivity contribution in [2.45, 2.75) is 39.2 Å². The van der Waals surface area contributed by atoms with Crippen LogP contribution in [-0.4, -0.2) is 34.0 Å². The molecule has 3 aromatic rings. The highest BCUT2D eigenvalue weighted by Gasteiger charge is 2.18. The number of carbonyl (C=O) groups excluding carboxylic acids is 1. The fourth-order valence-corrected chi connectivity index (χ4v) is 3.17. The van der Waals surface area contributed by atoms with Crippen molar-refractivity contribution in [3.8, 4) is 17.5 Å². The molecule has 0 spiro atoms. The minimum Gasteiger partial charge on any atom is -0.343 e. The Balaban J connectivity index is 2.00. The number of fused-ring (bicyclic) bond motifs is 1. The largest absolute Gasteiger partial charge is 0.343 e. The fraction of sp³-hybridized carbons (Fsp3) is 0.348. The van der Waals surface area contributed by atoms with E-state index >= 15 is 0 Å². The number of aromatic nitrogens is 2. The van der Waals surface area contributed by atoms with Crippen LogP contribution in [0.15, 0.2) is 48.5 Å². The molecular weight excluding hydrogens is 348 g/mol. The first-order valence-electron chi connectivity index (χ1n) is 9.48. The summed E-state index contributed by atoms with van der Waals surface area (Å²) in [4.78, 5) is 19.1. The van der Waals surface area contributed by atoms with Gasteiger partial charge in [-0.2, -0.15) is 5.26 Å². The number of nitriles is 1. The quantitative estimate of drug-likeness (QED) is 0.666. The van der Waals surface area contributed by atoms with Crippen molar-refractivity contribution in [2.75, 3.05) is 13.6 Å². The summed E-state index contributed by atoms with van der Waals surface area (Å²) in [5.74, 6) is 0.745. The van der Waals surface area contributed by atoms with E-state index in [0.717, 1.165) is 22.4 Å². The summed E-state index contributed by atoms with van der Waals surface area (Å²) in [5.41, 5.74) is 4.12. The average Bonchev–Trinajstić information content (AvgIpc) is 3.04. The summed E-state index contributed by atoms with van der Waals surface area (Å²) in [7, 11) is 1.73. The minimum absolute atomic E-state index is 0.0361. The van der Waals surface area contributed by atoms with Gasteiger partial charge in [-0.1, -0.05) is 57.2 Å². The van der Waals surface area contributed by atoms with E-state index < -0.39 is 0 Å². The second-order valence-electron chi connectivity index (χ2n) is 8.06. The van der Waals surface area contributed by atoms with Crippen LogP contribution in [0.25, 0.3) is 22.4 Å². The smallest absolute Gasteiger partial charge is 0.242 e. The first-order valence-corrected chi connectivity index (χ1v) is 9.48. The second-order valence-corrected chi connectivity index (χ2v) is 8.06. The predicted molar refractivity (Wildman–Crippen MR) is 112 cm³/mol. The molecule has 0 aliphatic rings. The maximum atomic E-state index is 12.7. The maximum Gasteiger partial charge on any atom is 0.242 e. The summed E-state index contributed by atoms with van der Waals surface area (Å²) < 4.78 is 1.96. The minimum atomic E-state index is -0.0361. The third-order valence-electron chi connectivity index (χ3n) is 4.94. The number of rotatable bonds is 5. The lowest BCUT2D eigenvalue weighted by atomic mass is 9.87. The summed E-state index contributed by atoms with van der Waals surface area (Å²) in [6.45, 7) is 7.18. The van der Waals surface area contributed by atoms with Crippen LogP contribution in [-0.2, 0) is 16.8 Å². The fourth-order valence-electron chi connectivity index (χ4n) is 3.17. The van der Waals surface area contributed by atoms with Gasteiger partial charge >= 0.3 is 0 Å². The van der Waals surface area contributed by atoms with E-state index in [-0.39, 0.29) is 17.9 Å². The summed E-state index contributed by atoms with van der Waals surface area (Å²) >= 11 is 0. The average molecular weight is 374 g/mol. The first kappa shape index (κ1) is 19.6. The molecule has 0 aliphatic carbocycles. The van der Waals surface area contributed by atoms with Gasteiger partial charge < -0.3 is 9.47 Å². The van der Waals surface area contributed by atoms with E-state index in [9.17, 15) is 4.79 Å². The summed E-state index contributed by atoms with van der Waals surface area (Å²) in [5, 5.41) is 8.76. The molecule has 2 aromatic carbocycles. The van der Waals surface area contributed by atoms with Gasteiger partial charge in [-0.15, -0.1) is 0 Å². The molecule has 0 unspecified atom stereocenters. The Morgan fingerprint density at radius 3 is 2.46 bits per heavy atom. The third-order valence-corrected chi connectivity index (χ3v) is 4.94. The molecule has 3 rings (SSSR count). The van der Waals surface area contributed by atoms with Gasteiger partial charge in [0.1, 0.15) is 12.4 Å². The van der Waals surface area contributed by atoms with Gasteiger partial charge in [-0.25, -0.2) is 4.98 Å². The van der Waals surface area contributed by atoms with Gasteiger partial charge in [-0.05, 0) is 23.1 Å². The predicted octanol–water partition coefficient (Wildman–Crippen LogP) is 4.37. The lowest BCUT2D eigenvalue weighted by molar-refractivity contribution is -0.130. The van der Waals surface area contributed by atoms with Crippen molar-refractivity contribution in [2.24, 2.45) is 0 Å². The van der Waals surface area contributed by atoms with Gasteiger partial charge in [0.15, 0.2) is 0 Å². The van der Waals surface area contributed by atoms with Crippen LogP contribution < -0.4 is 0 Å². The lowest BCUT2D eigenvalue weighted by Gasteiger charge is -2.19. The van der Waals surface area contributed by atoms with E-state index in [1.807, 2.05) is 28.8 Å². The van der Waals surface area contributed by atoms with Gasteiger partial charge in [0.25, 0.3) is 0 Å². The van der Waals surface area contributed by atoms with E-state index in [4.69, 9.17) is 10.2 Å². The van der Waals surface area contributed by atoms with E-state index in [1.54, 1.807) is 11.9 Å². The molecule has 5 heteroatoms. The molecule has 5 nitrogen and oxygen atoms in total. The van der Waals surface area contributed by atoms with E-state index in [1.165, 1.54) is 5.56 Å². The Bertz CT molecular complexity index is 1020. The number of likely N-dealkylation sites (N-methyl/N-ethyl adjacent to an activating group) is 1. The van der Waals surface area contributed by atoms with Crippen LogP contribution in [0, 0.1) is 11.3 Å². The van der Waals surface area contributed by atoms with Crippen molar-refractivity contribution in [3.05, 3.63) is 54.1 Å². The third kappa shape index (κ3) is 4.07. The molecule has 28 heavy (non-hydrogen) atoms. The SMILES string of the molecule is CN(CCC#N)C(=O)Cn1c(-c2ccc(C(C)(C)C)cc2)nc2ccccc21. The van der Waals surface area contributed by atoms with Crippen LogP contribution in [0.4, 0.5) is 0 Å². The van der Waals surface area contributed by atoms with Crippen LogP contribution >= 0.6 is 0 Å². The van der Waals surface area contributed by atoms with Crippen LogP contribution in [0.2, 0.25) is 0 Å². The van der Waals surface area contributed by atoms with Gasteiger partial charge in [0.2, 0.25) is 5.91 Å². The number of para-hydroxylation sites is 2. The Kier molecular flexibility index (Phi) is 5.51. The second kappa shape index (κ2) is 7.85. The molecule has 1 aromatic heterocycles. The van der Waals surface area contributed by atoms with Crippen molar-refractivity contribution >= 4 is 16.9 Å². The number of amides is 1. The van der Waals surface area contributed by atoms with Gasteiger partial charge in [0, 0.05) is 19.2 Å². The van der Waals surface area contributed by atoms with Crippen molar-refractivity contribution < 1.29 is 4.79 Å². The Morgan fingerprint density at radius 1 is 1.14 bits per heavy atom. The Labute approximate surface area is 166 Å². The van der Waals surface area contributed by atoms with Crippen molar-refractivity contribution in [1.82, 2.24) is 14.5 Å². The molecule has 0 saturated carbocycles. The monoisotopic (exact) mass is 374 g/mol. The van der Waals surface area contributed by atoms with Crippen LogP contribution in [0.3, 0.4) is 0 Å². The van der Waals surface area contributed by atoms with Gasteiger partial charge in [-0.3, -0.25) is 4.79 Å². The van der Waals surface area contributed by atoms with Crippen LogP contribution in [0.1, 0.15) is 32.8 Å². The number of imidazole rings is 1. The maximum absolute atomic E-state index is 12.7. The molecule has 0 radical (unpaired) electrons. The Hall–Kier alpha value is -3.13. The number of benzene rings is 2. The molecule has 0 saturated heterocycles. The highest BCUT2D eigenvalue weighted by Crippen LogP contribution is 2.28. The highest BCUT2D eigenvalue weighted by molar-refractivity contribution is 5.84. The number of nitrogens with zero attached hydrogens (tertiary/aromatic N) is 4.